The highest BCUT2D eigenvalue weighted by molar-refractivity contribution is 5.91. The number of nitrogens with zero attached hydrogens (tertiary/aromatic N) is 2. The van der Waals surface area contributed by atoms with Gasteiger partial charge in [-0.05, 0) is 47.0 Å². The van der Waals surface area contributed by atoms with Crippen LogP contribution in [0, 0.1) is 0 Å². The molecule has 3 aromatic rings. The van der Waals surface area contributed by atoms with E-state index >= 15 is 0 Å². The van der Waals surface area contributed by atoms with Gasteiger partial charge in [0.15, 0.2) is 6.61 Å². The van der Waals surface area contributed by atoms with Crippen LogP contribution in [-0.2, 0) is 22.7 Å². The highest BCUT2D eigenvalue weighted by Crippen LogP contribution is 2.13. The van der Waals surface area contributed by atoms with Gasteiger partial charge in [0.25, 0.3) is 5.91 Å². The van der Waals surface area contributed by atoms with Crippen molar-refractivity contribution < 1.29 is 14.3 Å². The molecule has 1 aromatic carbocycles. The lowest BCUT2D eigenvalue weighted by molar-refractivity contribution is -0.123. The number of aromatic nitrogens is 2. The summed E-state index contributed by atoms with van der Waals surface area (Å²) in [4.78, 5) is 31.8. The van der Waals surface area contributed by atoms with E-state index in [1.165, 1.54) is 6.08 Å². The third-order valence-corrected chi connectivity index (χ3v) is 4.08. The van der Waals surface area contributed by atoms with E-state index in [9.17, 15) is 9.59 Å². The third-order valence-electron chi connectivity index (χ3n) is 4.08. The van der Waals surface area contributed by atoms with Crippen molar-refractivity contribution in [3.05, 3.63) is 96.1 Å². The lowest BCUT2D eigenvalue weighted by atomic mass is 10.2. The summed E-state index contributed by atoms with van der Waals surface area (Å²) >= 11 is 0. The number of hydrogen-bond donors (Lipinski definition) is 2. The highest BCUT2D eigenvalue weighted by atomic mass is 16.5. The number of carbonyl (C=O) groups is 2. The molecule has 0 saturated carbocycles. The zero-order valence-electron chi connectivity index (χ0n) is 16.3. The molecule has 0 aliphatic carbocycles. The summed E-state index contributed by atoms with van der Waals surface area (Å²) in [5, 5.41) is 5.57. The fourth-order valence-electron chi connectivity index (χ4n) is 2.50. The molecule has 0 aliphatic rings. The number of carbonyl (C=O) groups excluding carboxylic acids is 2. The number of rotatable bonds is 9. The SMILES string of the molecule is O=C(/C=C/c1ccc(OCC(=O)NCc2cccnc2)cc1)NCc1cccnc1. The Morgan fingerprint density at radius 1 is 0.867 bits per heavy atom. The summed E-state index contributed by atoms with van der Waals surface area (Å²) < 4.78 is 5.49. The third kappa shape index (κ3) is 7.20. The molecule has 152 valence electrons. The molecule has 2 amide bonds. The average molecular weight is 402 g/mol. The van der Waals surface area contributed by atoms with Gasteiger partial charge in [-0.3, -0.25) is 19.6 Å². The predicted octanol–water partition coefficient (Wildman–Crippen LogP) is 2.50. The number of amides is 2. The summed E-state index contributed by atoms with van der Waals surface area (Å²) in [6.45, 7) is 0.751. The van der Waals surface area contributed by atoms with Crippen molar-refractivity contribution in [2.75, 3.05) is 6.61 Å². The van der Waals surface area contributed by atoms with E-state index in [1.54, 1.807) is 43.0 Å². The molecule has 30 heavy (non-hydrogen) atoms. The fraction of sp³-hybridized carbons (Fsp3) is 0.130. The number of benzene rings is 1. The van der Waals surface area contributed by atoms with Gasteiger partial charge >= 0.3 is 0 Å². The molecule has 0 radical (unpaired) electrons. The molecule has 2 aromatic heterocycles. The molecular weight excluding hydrogens is 380 g/mol. The van der Waals surface area contributed by atoms with E-state index < -0.39 is 0 Å². The second kappa shape index (κ2) is 11.1. The second-order valence-corrected chi connectivity index (χ2v) is 6.41. The normalized spacial score (nSPS) is 10.5. The maximum atomic E-state index is 11.9. The Hall–Kier alpha value is -4.00. The van der Waals surface area contributed by atoms with Gasteiger partial charge in [0.05, 0.1) is 0 Å². The molecule has 2 heterocycles. The molecule has 2 N–H and O–H groups in total. The van der Waals surface area contributed by atoms with Gasteiger partial charge in [-0.2, -0.15) is 0 Å². The summed E-state index contributed by atoms with van der Waals surface area (Å²) in [6.07, 6.45) is 9.96. The summed E-state index contributed by atoms with van der Waals surface area (Å²) in [5.74, 6) is 0.169. The topological polar surface area (TPSA) is 93.2 Å². The Bertz CT molecular complexity index is 974. The molecule has 0 atom stereocenters. The lowest BCUT2D eigenvalue weighted by Gasteiger charge is -2.07. The van der Waals surface area contributed by atoms with E-state index in [2.05, 4.69) is 20.6 Å². The summed E-state index contributed by atoms with van der Waals surface area (Å²) in [7, 11) is 0. The van der Waals surface area contributed by atoms with Crippen LogP contribution >= 0.6 is 0 Å². The van der Waals surface area contributed by atoms with Crippen molar-refractivity contribution in [3.8, 4) is 5.75 Å². The molecule has 0 saturated heterocycles. The van der Waals surface area contributed by atoms with E-state index in [-0.39, 0.29) is 18.4 Å². The van der Waals surface area contributed by atoms with Gasteiger partial charge in [-0.15, -0.1) is 0 Å². The van der Waals surface area contributed by atoms with Crippen molar-refractivity contribution in [1.29, 1.82) is 0 Å². The first kappa shape index (κ1) is 20.7. The van der Waals surface area contributed by atoms with Crippen LogP contribution < -0.4 is 15.4 Å². The van der Waals surface area contributed by atoms with E-state index in [1.807, 2.05) is 36.4 Å². The fourth-order valence-corrected chi connectivity index (χ4v) is 2.50. The maximum absolute atomic E-state index is 11.9. The van der Waals surface area contributed by atoms with Crippen molar-refractivity contribution >= 4 is 17.9 Å². The molecule has 7 heteroatoms. The quantitative estimate of drug-likeness (QED) is 0.537. The molecular formula is C23H22N4O3. The Balaban J connectivity index is 1.39. The minimum atomic E-state index is -0.215. The van der Waals surface area contributed by atoms with E-state index in [4.69, 9.17) is 4.74 Å². The zero-order valence-corrected chi connectivity index (χ0v) is 16.3. The Morgan fingerprint density at radius 3 is 2.10 bits per heavy atom. The number of ether oxygens (including phenoxy) is 1. The van der Waals surface area contributed by atoms with Crippen LogP contribution in [0.15, 0.2) is 79.4 Å². The second-order valence-electron chi connectivity index (χ2n) is 6.41. The van der Waals surface area contributed by atoms with E-state index in [0.29, 0.717) is 18.8 Å². The number of pyridine rings is 2. The van der Waals surface area contributed by atoms with Crippen LogP contribution in [0.5, 0.6) is 5.75 Å². The largest absolute Gasteiger partial charge is 0.484 e. The molecule has 0 fully saturated rings. The van der Waals surface area contributed by atoms with Gasteiger partial charge in [0.2, 0.25) is 5.91 Å². The standard InChI is InChI=1S/C23H22N4O3/c28-22(26-15-19-3-1-11-24-13-19)10-7-18-5-8-21(9-6-18)30-17-23(29)27-16-20-4-2-12-25-14-20/h1-14H,15-17H2,(H,26,28)(H,27,29)/b10-7+. The van der Waals surface area contributed by atoms with E-state index in [0.717, 1.165) is 16.7 Å². The van der Waals surface area contributed by atoms with Crippen LogP contribution in [0.1, 0.15) is 16.7 Å². The molecule has 3 rings (SSSR count). The minimum absolute atomic E-state index is 0.0772. The van der Waals surface area contributed by atoms with Crippen molar-refractivity contribution in [2.24, 2.45) is 0 Å². The number of nitrogens with one attached hydrogen (secondary N) is 2. The molecule has 0 bridgehead atoms. The van der Waals surface area contributed by atoms with Crippen LogP contribution in [0.25, 0.3) is 6.08 Å². The zero-order chi connectivity index (χ0) is 21.0. The highest BCUT2D eigenvalue weighted by Gasteiger charge is 2.03. The van der Waals surface area contributed by atoms with Gasteiger partial charge in [0.1, 0.15) is 5.75 Å². The van der Waals surface area contributed by atoms with Crippen LogP contribution in [0.4, 0.5) is 0 Å². The first-order chi connectivity index (χ1) is 14.7. The molecule has 0 aliphatic heterocycles. The Labute approximate surface area is 174 Å². The summed E-state index contributed by atoms with van der Waals surface area (Å²) in [5.41, 5.74) is 2.71. The van der Waals surface area contributed by atoms with Crippen molar-refractivity contribution in [1.82, 2.24) is 20.6 Å². The Morgan fingerprint density at radius 2 is 1.50 bits per heavy atom. The van der Waals surface area contributed by atoms with Gasteiger partial charge in [-0.25, -0.2) is 0 Å². The number of hydrogen-bond acceptors (Lipinski definition) is 5. The minimum Gasteiger partial charge on any atom is -0.484 e. The van der Waals surface area contributed by atoms with Crippen LogP contribution in [0.3, 0.4) is 0 Å². The van der Waals surface area contributed by atoms with Gasteiger partial charge < -0.3 is 15.4 Å². The summed E-state index contributed by atoms with van der Waals surface area (Å²) in [6, 6.07) is 14.6. The first-order valence-corrected chi connectivity index (χ1v) is 9.42. The molecule has 0 spiro atoms. The van der Waals surface area contributed by atoms with Crippen LogP contribution in [0.2, 0.25) is 0 Å². The molecule has 7 nitrogen and oxygen atoms in total. The lowest BCUT2D eigenvalue weighted by Crippen LogP contribution is -2.28. The van der Waals surface area contributed by atoms with Crippen LogP contribution in [-0.4, -0.2) is 28.4 Å². The Kier molecular flexibility index (Phi) is 7.68. The maximum Gasteiger partial charge on any atom is 0.258 e. The van der Waals surface area contributed by atoms with Crippen molar-refractivity contribution in [3.63, 3.8) is 0 Å². The predicted molar refractivity (Wildman–Crippen MR) is 113 cm³/mol. The molecule has 0 unspecified atom stereocenters. The van der Waals surface area contributed by atoms with Crippen molar-refractivity contribution in [2.45, 2.75) is 13.1 Å². The average Bonchev–Trinajstić information content (AvgIpc) is 2.80. The van der Waals surface area contributed by atoms with Gasteiger partial charge in [-0.1, -0.05) is 24.3 Å². The van der Waals surface area contributed by atoms with Gasteiger partial charge in [0, 0.05) is 44.0 Å². The monoisotopic (exact) mass is 402 g/mol. The smallest absolute Gasteiger partial charge is 0.258 e. The first-order valence-electron chi connectivity index (χ1n) is 9.42.